The molecule has 0 spiro atoms. The van der Waals surface area contributed by atoms with Crippen molar-refractivity contribution < 1.29 is 15.0 Å². The summed E-state index contributed by atoms with van der Waals surface area (Å²) in [6, 6.07) is 0. The first kappa shape index (κ1) is 12.8. The minimum Gasteiger partial charge on any atom is -0.481 e. The lowest BCUT2D eigenvalue weighted by Crippen LogP contribution is -2.55. The fraction of sp³-hybridized carbons (Fsp3) is 0.909. The van der Waals surface area contributed by atoms with Gasteiger partial charge in [-0.15, -0.1) is 0 Å². The fourth-order valence-corrected chi connectivity index (χ4v) is 3.83. The predicted octanol–water partition coefficient (Wildman–Crippen LogP) is 2.14. The van der Waals surface area contributed by atoms with Gasteiger partial charge in [-0.05, 0) is 31.4 Å². The molecule has 1 fully saturated rings. The van der Waals surface area contributed by atoms with Crippen LogP contribution in [-0.4, -0.2) is 33.3 Å². The van der Waals surface area contributed by atoms with Crippen LogP contribution in [0.5, 0.6) is 0 Å². The van der Waals surface area contributed by atoms with E-state index in [2.05, 4.69) is 0 Å². The van der Waals surface area contributed by atoms with Crippen LogP contribution in [-0.2, 0) is 4.79 Å². The van der Waals surface area contributed by atoms with E-state index in [4.69, 9.17) is 0 Å². The predicted molar refractivity (Wildman–Crippen MR) is 62.2 cm³/mol. The molecule has 1 heterocycles. The Balaban J connectivity index is 3.03. The highest BCUT2D eigenvalue weighted by atomic mass is 32.2. The summed E-state index contributed by atoms with van der Waals surface area (Å²) in [5, 5.41) is 19.9. The third-order valence-corrected chi connectivity index (χ3v) is 4.98. The molecular formula is C11H20O3S. The summed E-state index contributed by atoms with van der Waals surface area (Å²) in [5.41, 5.74) is -1.98. The molecule has 0 aromatic heterocycles. The van der Waals surface area contributed by atoms with Gasteiger partial charge >= 0.3 is 5.97 Å². The van der Waals surface area contributed by atoms with Crippen LogP contribution in [0.1, 0.15) is 39.5 Å². The summed E-state index contributed by atoms with van der Waals surface area (Å²) in [6.45, 7) is 3.74. The molecule has 15 heavy (non-hydrogen) atoms. The van der Waals surface area contributed by atoms with Gasteiger partial charge in [-0.1, -0.05) is 13.8 Å². The lowest BCUT2D eigenvalue weighted by atomic mass is 9.67. The van der Waals surface area contributed by atoms with E-state index in [0.29, 0.717) is 25.0 Å². The molecule has 0 aliphatic carbocycles. The Bertz CT molecular complexity index is 230. The molecule has 88 valence electrons. The van der Waals surface area contributed by atoms with E-state index >= 15 is 0 Å². The lowest BCUT2D eigenvalue weighted by Gasteiger charge is -2.45. The molecule has 2 N–H and O–H groups in total. The Morgan fingerprint density at radius 1 is 1.47 bits per heavy atom. The van der Waals surface area contributed by atoms with Gasteiger partial charge in [-0.3, -0.25) is 4.79 Å². The summed E-state index contributed by atoms with van der Waals surface area (Å²) < 4.78 is 0. The van der Waals surface area contributed by atoms with Crippen LogP contribution in [0.25, 0.3) is 0 Å². The third-order valence-electron chi connectivity index (χ3n) is 3.71. The number of carboxylic acid groups (broad SMARTS) is 1. The van der Waals surface area contributed by atoms with E-state index in [0.717, 1.165) is 12.2 Å². The summed E-state index contributed by atoms with van der Waals surface area (Å²) in [5.74, 6) is 0.722. The molecule has 1 aliphatic heterocycles. The van der Waals surface area contributed by atoms with Crippen LogP contribution in [0.15, 0.2) is 0 Å². The van der Waals surface area contributed by atoms with Crippen LogP contribution in [0, 0.1) is 5.41 Å². The Kier molecular flexibility index (Phi) is 4.06. The smallest absolute Gasteiger partial charge is 0.313 e. The molecular weight excluding hydrogens is 212 g/mol. The Morgan fingerprint density at radius 2 is 2.07 bits per heavy atom. The fourth-order valence-electron chi connectivity index (χ4n) is 2.46. The summed E-state index contributed by atoms with van der Waals surface area (Å²) in [6.07, 6.45) is 2.51. The SMILES string of the molecule is CCC(O)(CC)C1(C(=O)O)CCCSC1. The van der Waals surface area contributed by atoms with Crippen molar-refractivity contribution in [1.82, 2.24) is 0 Å². The molecule has 1 unspecified atom stereocenters. The second-order valence-corrected chi connectivity index (χ2v) is 5.39. The Morgan fingerprint density at radius 3 is 2.40 bits per heavy atom. The maximum atomic E-state index is 11.5. The van der Waals surface area contributed by atoms with E-state index in [1.807, 2.05) is 13.8 Å². The van der Waals surface area contributed by atoms with Crippen molar-refractivity contribution in [1.29, 1.82) is 0 Å². The topological polar surface area (TPSA) is 57.5 Å². The van der Waals surface area contributed by atoms with Gasteiger partial charge in [0.15, 0.2) is 0 Å². The van der Waals surface area contributed by atoms with Crippen molar-refractivity contribution in [2.24, 2.45) is 5.41 Å². The van der Waals surface area contributed by atoms with Crippen LogP contribution >= 0.6 is 11.8 Å². The van der Waals surface area contributed by atoms with E-state index in [9.17, 15) is 15.0 Å². The third kappa shape index (κ3) is 2.02. The average Bonchev–Trinajstić information content (AvgIpc) is 2.28. The number of rotatable bonds is 4. The van der Waals surface area contributed by atoms with Gasteiger partial charge in [0.25, 0.3) is 0 Å². The van der Waals surface area contributed by atoms with E-state index < -0.39 is 17.0 Å². The van der Waals surface area contributed by atoms with Gasteiger partial charge in [0.1, 0.15) is 5.41 Å². The maximum absolute atomic E-state index is 11.5. The van der Waals surface area contributed by atoms with E-state index in [1.165, 1.54) is 0 Å². The van der Waals surface area contributed by atoms with Crippen LogP contribution in [0.2, 0.25) is 0 Å². The second-order valence-electron chi connectivity index (χ2n) is 4.28. The highest BCUT2D eigenvalue weighted by Crippen LogP contribution is 2.46. The van der Waals surface area contributed by atoms with Crippen molar-refractivity contribution in [2.75, 3.05) is 11.5 Å². The molecule has 3 nitrogen and oxygen atoms in total. The van der Waals surface area contributed by atoms with Gasteiger partial charge in [0, 0.05) is 5.75 Å². The molecule has 1 saturated heterocycles. The quantitative estimate of drug-likeness (QED) is 0.779. The molecule has 1 aliphatic rings. The van der Waals surface area contributed by atoms with Gasteiger partial charge in [-0.25, -0.2) is 0 Å². The zero-order chi connectivity index (χ0) is 11.5. The highest BCUT2D eigenvalue weighted by molar-refractivity contribution is 7.99. The van der Waals surface area contributed by atoms with Gasteiger partial charge in [0.05, 0.1) is 5.60 Å². The second kappa shape index (κ2) is 4.74. The number of hydrogen-bond acceptors (Lipinski definition) is 3. The largest absolute Gasteiger partial charge is 0.481 e. The summed E-state index contributed by atoms with van der Waals surface area (Å²) in [7, 11) is 0. The minimum absolute atomic E-state index is 0.510. The van der Waals surface area contributed by atoms with Crippen molar-refractivity contribution in [3.63, 3.8) is 0 Å². The molecule has 4 heteroatoms. The number of carbonyl (C=O) groups is 1. The van der Waals surface area contributed by atoms with Crippen LogP contribution in [0.3, 0.4) is 0 Å². The van der Waals surface area contributed by atoms with Crippen molar-refractivity contribution >= 4 is 17.7 Å². The molecule has 0 aromatic rings. The summed E-state index contributed by atoms with van der Waals surface area (Å²) in [4.78, 5) is 11.5. The Hall–Kier alpha value is -0.220. The molecule has 0 radical (unpaired) electrons. The molecule has 1 rings (SSSR count). The molecule has 0 bridgehead atoms. The Labute approximate surface area is 95.3 Å². The standard InChI is InChI=1S/C11H20O3S/c1-3-11(14,4-2)10(9(12)13)6-5-7-15-8-10/h14H,3-8H2,1-2H3,(H,12,13). The van der Waals surface area contributed by atoms with Crippen molar-refractivity contribution in [2.45, 2.75) is 45.1 Å². The number of thioether (sulfide) groups is 1. The first-order valence-electron chi connectivity index (χ1n) is 5.56. The molecule has 0 saturated carbocycles. The van der Waals surface area contributed by atoms with E-state index in [1.54, 1.807) is 11.8 Å². The van der Waals surface area contributed by atoms with Crippen LogP contribution < -0.4 is 0 Å². The van der Waals surface area contributed by atoms with E-state index in [-0.39, 0.29) is 0 Å². The normalized spacial score (nSPS) is 27.7. The maximum Gasteiger partial charge on any atom is 0.313 e. The van der Waals surface area contributed by atoms with Gasteiger partial charge in [0.2, 0.25) is 0 Å². The number of aliphatic hydroxyl groups is 1. The molecule has 0 aromatic carbocycles. The first-order chi connectivity index (χ1) is 7.02. The number of aliphatic carboxylic acids is 1. The number of carboxylic acids is 1. The molecule has 0 amide bonds. The number of hydrogen-bond donors (Lipinski definition) is 2. The van der Waals surface area contributed by atoms with Crippen LogP contribution in [0.4, 0.5) is 0 Å². The minimum atomic E-state index is -1.05. The van der Waals surface area contributed by atoms with Crippen molar-refractivity contribution in [3.05, 3.63) is 0 Å². The van der Waals surface area contributed by atoms with Gasteiger partial charge < -0.3 is 10.2 Å². The lowest BCUT2D eigenvalue weighted by molar-refractivity contribution is -0.169. The summed E-state index contributed by atoms with van der Waals surface area (Å²) >= 11 is 1.65. The van der Waals surface area contributed by atoms with Crippen molar-refractivity contribution in [3.8, 4) is 0 Å². The zero-order valence-electron chi connectivity index (χ0n) is 9.45. The average molecular weight is 232 g/mol. The zero-order valence-corrected chi connectivity index (χ0v) is 10.3. The monoisotopic (exact) mass is 232 g/mol. The highest BCUT2D eigenvalue weighted by Gasteiger charge is 2.54. The van der Waals surface area contributed by atoms with Gasteiger partial charge in [-0.2, -0.15) is 11.8 Å². The molecule has 1 atom stereocenters. The first-order valence-corrected chi connectivity index (χ1v) is 6.71.